The van der Waals surface area contributed by atoms with E-state index in [0.717, 1.165) is 25.7 Å². The molecule has 124 valence electrons. The van der Waals surface area contributed by atoms with Gasteiger partial charge >= 0.3 is 14.8 Å². The average molecular weight is 324 g/mol. The molecule has 0 aliphatic heterocycles. The van der Waals surface area contributed by atoms with Gasteiger partial charge in [0, 0.05) is 0 Å². The van der Waals surface area contributed by atoms with Crippen molar-refractivity contribution in [3.05, 3.63) is 59.7 Å². The summed E-state index contributed by atoms with van der Waals surface area (Å²) < 4.78 is 5.07. The Kier molecular flexibility index (Phi) is 5.61. The third-order valence-electron chi connectivity index (χ3n) is 5.02. The zero-order valence-electron chi connectivity index (χ0n) is 13.6. The molecule has 0 atom stereocenters. The minimum atomic E-state index is -1.40. The summed E-state index contributed by atoms with van der Waals surface area (Å²) in [6, 6.07) is 15.6. The van der Waals surface area contributed by atoms with E-state index in [9.17, 15) is 10.0 Å². The molecule has 0 bridgehead atoms. The van der Waals surface area contributed by atoms with Crippen LogP contribution in [-0.4, -0.2) is 29.9 Å². The van der Waals surface area contributed by atoms with Crippen LogP contribution in [0.4, 0.5) is 0 Å². The molecule has 1 fully saturated rings. The van der Waals surface area contributed by atoms with E-state index in [1.54, 1.807) is 12.1 Å². The van der Waals surface area contributed by atoms with Crippen LogP contribution in [0.5, 0.6) is 5.75 Å². The SMILES string of the molecule is OBOc1ccc(C2CCC(c3ccc(B(O)O)cc3)CC2)cc1. The summed E-state index contributed by atoms with van der Waals surface area (Å²) in [5.41, 5.74) is 3.15. The lowest BCUT2D eigenvalue weighted by atomic mass is 9.74. The van der Waals surface area contributed by atoms with E-state index in [0.29, 0.717) is 23.0 Å². The minimum absolute atomic E-state index is 0.295. The maximum Gasteiger partial charge on any atom is 0.504 e. The summed E-state index contributed by atoms with van der Waals surface area (Å²) in [7, 11) is -1.69. The molecule has 3 N–H and O–H groups in total. The van der Waals surface area contributed by atoms with E-state index in [1.165, 1.54) is 11.1 Å². The zero-order chi connectivity index (χ0) is 16.9. The van der Waals surface area contributed by atoms with Crippen molar-refractivity contribution in [3.8, 4) is 5.75 Å². The van der Waals surface area contributed by atoms with Gasteiger partial charge in [0.25, 0.3) is 0 Å². The minimum Gasteiger partial charge on any atom is -0.539 e. The van der Waals surface area contributed by atoms with Crippen molar-refractivity contribution in [2.45, 2.75) is 37.5 Å². The fraction of sp³-hybridized carbons (Fsp3) is 0.333. The Morgan fingerprint density at radius 2 is 1.25 bits per heavy atom. The van der Waals surface area contributed by atoms with Gasteiger partial charge in [-0.15, -0.1) is 0 Å². The summed E-state index contributed by atoms with van der Waals surface area (Å²) >= 11 is 0. The highest BCUT2D eigenvalue weighted by molar-refractivity contribution is 6.58. The largest absolute Gasteiger partial charge is 0.539 e. The first-order valence-electron chi connectivity index (χ1n) is 8.47. The Morgan fingerprint density at radius 3 is 1.67 bits per heavy atom. The predicted octanol–water partition coefficient (Wildman–Crippen LogP) is 1.45. The highest BCUT2D eigenvalue weighted by Gasteiger charge is 2.23. The molecular formula is C18H22B2O4. The Morgan fingerprint density at radius 1 is 0.792 bits per heavy atom. The van der Waals surface area contributed by atoms with Crippen LogP contribution < -0.4 is 10.1 Å². The smallest absolute Gasteiger partial charge is 0.504 e. The van der Waals surface area contributed by atoms with Gasteiger partial charge in [0.2, 0.25) is 0 Å². The zero-order valence-corrected chi connectivity index (χ0v) is 13.6. The number of rotatable bonds is 5. The molecule has 6 heteroatoms. The molecule has 0 radical (unpaired) electrons. The molecule has 0 unspecified atom stereocenters. The van der Waals surface area contributed by atoms with E-state index in [2.05, 4.69) is 12.1 Å². The van der Waals surface area contributed by atoms with Gasteiger partial charge in [0.1, 0.15) is 5.75 Å². The molecule has 0 saturated heterocycles. The second-order valence-corrected chi connectivity index (χ2v) is 6.43. The second kappa shape index (κ2) is 7.88. The Hall–Kier alpha value is -1.75. The predicted molar refractivity (Wildman–Crippen MR) is 96.7 cm³/mol. The first-order chi connectivity index (χ1) is 11.7. The van der Waals surface area contributed by atoms with Crippen molar-refractivity contribution in [2.24, 2.45) is 0 Å². The van der Waals surface area contributed by atoms with Crippen molar-refractivity contribution >= 4 is 20.3 Å². The molecule has 2 aromatic rings. The third-order valence-corrected chi connectivity index (χ3v) is 5.02. The van der Waals surface area contributed by atoms with Gasteiger partial charge in [-0.1, -0.05) is 36.4 Å². The third kappa shape index (κ3) is 4.01. The van der Waals surface area contributed by atoms with Crippen LogP contribution in [0.3, 0.4) is 0 Å². The quantitative estimate of drug-likeness (QED) is 0.728. The number of hydrogen-bond acceptors (Lipinski definition) is 4. The molecule has 0 spiro atoms. The van der Waals surface area contributed by atoms with Crippen LogP contribution in [0.15, 0.2) is 48.5 Å². The van der Waals surface area contributed by atoms with Crippen LogP contribution in [0.25, 0.3) is 0 Å². The van der Waals surface area contributed by atoms with Crippen molar-refractivity contribution < 1.29 is 19.7 Å². The monoisotopic (exact) mass is 324 g/mol. The van der Waals surface area contributed by atoms with Crippen LogP contribution in [-0.2, 0) is 0 Å². The Bertz CT molecular complexity index is 635. The van der Waals surface area contributed by atoms with Crippen LogP contribution in [0.1, 0.15) is 48.6 Å². The van der Waals surface area contributed by atoms with E-state index in [-0.39, 0.29) is 7.69 Å². The second-order valence-electron chi connectivity index (χ2n) is 6.43. The molecule has 2 aromatic carbocycles. The van der Waals surface area contributed by atoms with Crippen molar-refractivity contribution in [1.29, 1.82) is 0 Å². The normalized spacial score (nSPS) is 20.5. The summed E-state index contributed by atoms with van der Waals surface area (Å²) in [6.45, 7) is 0. The number of hydrogen-bond donors (Lipinski definition) is 3. The molecule has 24 heavy (non-hydrogen) atoms. The number of benzene rings is 2. The molecule has 1 aliphatic carbocycles. The molecule has 0 amide bonds. The van der Waals surface area contributed by atoms with Crippen molar-refractivity contribution in [2.75, 3.05) is 0 Å². The molecule has 1 saturated carbocycles. The van der Waals surface area contributed by atoms with Gasteiger partial charge in [-0.3, -0.25) is 0 Å². The summed E-state index contributed by atoms with van der Waals surface area (Å²) in [5.74, 6) is 1.81. The van der Waals surface area contributed by atoms with E-state index >= 15 is 0 Å². The van der Waals surface area contributed by atoms with Crippen molar-refractivity contribution in [1.82, 2.24) is 0 Å². The van der Waals surface area contributed by atoms with Crippen molar-refractivity contribution in [3.63, 3.8) is 0 Å². The lowest BCUT2D eigenvalue weighted by Gasteiger charge is -2.29. The van der Waals surface area contributed by atoms with E-state index in [1.807, 2.05) is 24.3 Å². The van der Waals surface area contributed by atoms with Gasteiger partial charge in [0.05, 0.1) is 0 Å². The Balaban J connectivity index is 1.58. The maximum atomic E-state index is 9.17. The topological polar surface area (TPSA) is 69.9 Å². The average Bonchev–Trinajstić information content (AvgIpc) is 2.63. The molecule has 1 aliphatic rings. The summed E-state index contributed by atoms with van der Waals surface area (Å²) in [5, 5.41) is 27.1. The van der Waals surface area contributed by atoms with Gasteiger partial charge in [-0.2, -0.15) is 0 Å². The first kappa shape index (κ1) is 17.1. The van der Waals surface area contributed by atoms with Crippen LogP contribution in [0, 0.1) is 0 Å². The van der Waals surface area contributed by atoms with E-state index in [4.69, 9.17) is 9.68 Å². The molecular weight excluding hydrogens is 302 g/mol. The van der Waals surface area contributed by atoms with Gasteiger partial charge < -0.3 is 19.7 Å². The Labute approximate surface area is 143 Å². The van der Waals surface area contributed by atoms with Gasteiger partial charge in [-0.05, 0) is 66.2 Å². The fourth-order valence-corrected chi connectivity index (χ4v) is 3.61. The van der Waals surface area contributed by atoms with Crippen LogP contribution >= 0.6 is 0 Å². The molecule has 4 nitrogen and oxygen atoms in total. The van der Waals surface area contributed by atoms with Crippen LogP contribution in [0.2, 0.25) is 0 Å². The summed E-state index contributed by atoms with van der Waals surface area (Å²) in [4.78, 5) is 0. The van der Waals surface area contributed by atoms with Gasteiger partial charge in [0.15, 0.2) is 0 Å². The molecule has 0 aromatic heterocycles. The lowest BCUT2D eigenvalue weighted by Crippen LogP contribution is -2.29. The maximum absolute atomic E-state index is 9.17. The highest BCUT2D eigenvalue weighted by atomic mass is 16.5. The first-order valence-corrected chi connectivity index (χ1v) is 8.47. The molecule has 3 rings (SSSR count). The standard InChI is InChI=1S/C18H22B2O4/c21-19-24-18-11-7-16(8-12-18)14-3-1-13(2-4-14)15-5-9-17(10-6-15)20(22)23/h5-14,19,21-23H,1-4H2. The van der Waals surface area contributed by atoms with Gasteiger partial charge in [-0.25, -0.2) is 0 Å². The van der Waals surface area contributed by atoms with E-state index < -0.39 is 7.12 Å². The lowest BCUT2D eigenvalue weighted by molar-refractivity contribution is 0.396. The molecule has 0 heterocycles. The summed E-state index contributed by atoms with van der Waals surface area (Å²) in [6.07, 6.45) is 4.58. The fourth-order valence-electron chi connectivity index (χ4n) is 3.61. The highest BCUT2D eigenvalue weighted by Crippen LogP contribution is 2.40.